The van der Waals surface area contributed by atoms with Crippen molar-refractivity contribution >= 4 is 34.7 Å². The standard InChI is InChI=1S/C27H23ClN2O3/c1-2-17-13-14-30(27(32)19-9-12-23-24(15-19)33-16-29-23)25(17)21-5-3-4-6-22(21)26(31)18-7-10-20(28)11-8-18/h3-12,15,29H,2,13-14,16H2,1H3. The molecule has 3 aromatic rings. The molecule has 0 spiro atoms. The van der Waals surface area contributed by atoms with Gasteiger partial charge in [-0.15, -0.1) is 0 Å². The molecule has 33 heavy (non-hydrogen) atoms. The zero-order valence-corrected chi connectivity index (χ0v) is 19.0. The maximum Gasteiger partial charge on any atom is 0.258 e. The number of rotatable bonds is 5. The second-order valence-corrected chi connectivity index (χ2v) is 8.51. The van der Waals surface area contributed by atoms with Gasteiger partial charge in [0.2, 0.25) is 0 Å². The first-order valence-electron chi connectivity index (χ1n) is 11.0. The van der Waals surface area contributed by atoms with Crippen molar-refractivity contribution in [2.45, 2.75) is 19.8 Å². The molecule has 1 amide bonds. The van der Waals surface area contributed by atoms with Crippen LogP contribution in [-0.4, -0.2) is 29.9 Å². The van der Waals surface area contributed by atoms with Gasteiger partial charge in [-0.05, 0) is 60.9 Å². The fourth-order valence-electron chi connectivity index (χ4n) is 4.46. The van der Waals surface area contributed by atoms with E-state index in [2.05, 4.69) is 12.2 Å². The van der Waals surface area contributed by atoms with Gasteiger partial charge in [-0.25, -0.2) is 0 Å². The van der Waals surface area contributed by atoms with Gasteiger partial charge in [-0.3, -0.25) is 9.59 Å². The smallest absolute Gasteiger partial charge is 0.258 e. The molecular formula is C27H23ClN2O3. The lowest BCUT2D eigenvalue weighted by Gasteiger charge is -2.23. The molecule has 0 aliphatic carbocycles. The summed E-state index contributed by atoms with van der Waals surface area (Å²) in [4.78, 5) is 28.8. The number of fused-ring (bicyclic) bond motifs is 1. The molecule has 5 rings (SSSR count). The van der Waals surface area contributed by atoms with Gasteiger partial charge in [-0.2, -0.15) is 0 Å². The number of hydrogen-bond donors (Lipinski definition) is 1. The summed E-state index contributed by atoms with van der Waals surface area (Å²) in [6.07, 6.45) is 1.59. The van der Waals surface area contributed by atoms with Crippen LogP contribution in [0.25, 0.3) is 5.70 Å². The predicted octanol–water partition coefficient (Wildman–Crippen LogP) is 6.00. The molecule has 0 unspecified atom stereocenters. The number of benzene rings is 3. The molecular weight excluding hydrogens is 436 g/mol. The Balaban J connectivity index is 1.55. The minimum absolute atomic E-state index is 0.0958. The van der Waals surface area contributed by atoms with E-state index in [1.165, 1.54) is 5.57 Å². The topological polar surface area (TPSA) is 58.6 Å². The van der Waals surface area contributed by atoms with E-state index >= 15 is 0 Å². The average molecular weight is 459 g/mol. The van der Waals surface area contributed by atoms with Crippen LogP contribution in [0.15, 0.2) is 72.3 Å². The molecule has 1 N–H and O–H groups in total. The summed E-state index contributed by atoms with van der Waals surface area (Å²) in [7, 11) is 0. The number of carbonyl (C=O) groups is 2. The van der Waals surface area contributed by atoms with E-state index in [9.17, 15) is 9.59 Å². The lowest BCUT2D eigenvalue weighted by molar-refractivity contribution is 0.0843. The van der Waals surface area contributed by atoms with Crippen LogP contribution in [0.5, 0.6) is 5.75 Å². The van der Waals surface area contributed by atoms with Crippen molar-refractivity contribution < 1.29 is 14.3 Å². The second-order valence-electron chi connectivity index (χ2n) is 8.07. The molecule has 0 radical (unpaired) electrons. The Morgan fingerprint density at radius 1 is 1.03 bits per heavy atom. The van der Waals surface area contributed by atoms with Gasteiger partial charge >= 0.3 is 0 Å². The highest BCUT2D eigenvalue weighted by Crippen LogP contribution is 2.38. The van der Waals surface area contributed by atoms with Crippen molar-refractivity contribution in [1.82, 2.24) is 4.90 Å². The molecule has 0 bridgehead atoms. The summed E-state index contributed by atoms with van der Waals surface area (Å²) in [6, 6.07) is 19.9. The Bertz CT molecular complexity index is 1280. The first-order valence-corrected chi connectivity index (χ1v) is 11.4. The molecule has 166 valence electrons. The number of carbonyl (C=O) groups excluding carboxylic acids is 2. The third-order valence-electron chi connectivity index (χ3n) is 6.17. The maximum atomic E-state index is 13.6. The van der Waals surface area contributed by atoms with E-state index in [0.717, 1.165) is 29.8 Å². The molecule has 2 heterocycles. The molecule has 3 aromatic carbocycles. The summed E-state index contributed by atoms with van der Waals surface area (Å²) < 4.78 is 5.57. The molecule has 0 aromatic heterocycles. The summed E-state index contributed by atoms with van der Waals surface area (Å²) in [6.45, 7) is 3.07. The van der Waals surface area contributed by atoms with Gasteiger partial charge in [0.25, 0.3) is 5.91 Å². The van der Waals surface area contributed by atoms with Crippen molar-refractivity contribution in [1.29, 1.82) is 0 Å². The highest BCUT2D eigenvalue weighted by molar-refractivity contribution is 6.30. The fraction of sp³-hybridized carbons (Fsp3) is 0.185. The van der Waals surface area contributed by atoms with Crippen molar-refractivity contribution in [2.75, 3.05) is 18.6 Å². The third kappa shape index (κ3) is 3.89. The lowest BCUT2D eigenvalue weighted by Crippen LogP contribution is -2.28. The van der Waals surface area contributed by atoms with Crippen LogP contribution in [0.1, 0.15) is 51.6 Å². The fourth-order valence-corrected chi connectivity index (χ4v) is 4.59. The van der Waals surface area contributed by atoms with E-state index < -0.39 is 0 Å². The number of nitrogens with one attached hydrogen (secondary N) is 1. The Hall–Kier alpha value is -3.57. The highest BCUT2D eigenvalue weighted by Gasteiger charge is 2.31. The molecule has 6 heteroatoms. The van der Waals surface area contributed by atoms with Gasteiger partial charge in [0.1, 0.15) is 5.75 Å². The number of amides is 1. The Morgan fingerprint density at radius 3 is 2.58 bits per heavy atom. The molecule has 0 saturated heterocycles. The van der Waals surface area contributed by atoms with E-state index in [-0.39, 0.29) is 11.7 Å². The number of anilines is 1. The number of ketones is 1. The van der Waals surface area contributed by atoms with Crippen molar-refractivity contribution in [3.63, 3.8) is 0 Å². The van der Waals surface area contributed by atoms with E-state index in [1.54, 1.807) is 35.2 Å². The third-order valence-corrected chi connectivity index (χ3v) is 6.42. The van der Waals surface area contributed by atoms with E-state index in [1.807, 2.05) is 36.4 Å². The normalized spacial score (nSPS) is 14.7. The van der Waals surface area contributed by atoms with Gasteiger partial charge in [0, 0.05) is 33.8 Å². The monoisotopic (exact) mass is 458 g/mol. The second kappa shape index (κ2) is 8.75. The Morgan fingerprint density at radius 2 is 1.79 bits per heavy atom. The predicted molar refractivity (Wildman–Crippen MR) is 130 cm³/mol. The largest absolute Gasteiger partial charge is 0.471 e. The first kappa shape index (κ1) is 21.3. The molecule has 2 aliphatic heterocycles. The molecule has 0 saturated carbocycles. The Kier molecular flexibility index (Phi) is 5.65. The van der Waals surface area contributed by atoms with Crippen molar-refractivity contribution in [3.05, 3.63) is 99.6 Å². The number of halogens is 1. The lowest BCUT2D eigenvalue weighted by atomic mass is 9.94. The van der Waals surface area contributed by atoms with Crippen LogP contribution in [-0.2, 0) is 0 Å². The van der Waals surface area contributed by atoms with E-state index in [0.29, 0.717) is 40.7 Å². The summed E-state index contributed by atoms with van der Waals surface area (Å²) in [5, 5.41) is 3.70. The number of nitrogens with zero attached hydrogens (tertiary/aromatic N) is 1. The van der Waals surface area contributed by atoms with Crippen LogP contribution in [0, 0.1) is 0 Å². The van der Waals surface area contributed by atoms with Crippen LogP contribution >= 0.6 is 11.6 Å². The van der Waals surface area contributed by atoms with Crippen LogP contribution < -0.4 is 10.1 Å². The van der Waals surface area contributed by atoms with Crippen LogP contribution in [0.2, 0.25) is 5.02 Å². The molecule has 0 fully saturated rings. The minimum Gasteiger partial charge on any atom is -0.471 e. The van der Waals surface area contributed by atoms with E-state index in [4.69, 9.17) is 16.3 Å². The molecule has 5 nitrogen and oxygen atoms in total. The molecule has 2 aliphatic rings. The quantitative estimate of drug-likeness (QED) is 0.476. The average Bonchev–Trinajstić information content (AvgIpc) is 3.50. The van der Waals surface area contributed by atoms with Gasteiger partial charge in [-0.1, -0.05) is 42.8 Å². The zero-order valence-electron chi connectivity index (χ0n) is 18.2. The Labute approximate surface area is 197 Å². The van der Waals surface area contributed by atoms with Crippen molar-refractivity contribution in [2.24, 2.45) is 0 Å². The SMILES string of the molecule is CCC1=C(c2ccccc2C(=O)c2ccc(Cl)cc2)N(C(=O)c2ccc3c(c2)OCN3)CC1. The van der Waals surface area contributed by atoms with Gasteiger partial charge < -0.3 is 15.0 Å². The summed E-state index contributed by atoms with van der Waals surface area (Å²) >= 11 is 6.01. The van der Waals surface area contributed by atoms with Crippen LogP contribution in [0.3, 0.4) is 0 Å². The maximum absolute atomic E-state index is 13.6. The summed E-state index contributed by atoms with van der Waals surface area (Å²) in [5.74, 6) is 0.488. The minimum atomic E-state index is -0.0968. The van der Waals surface area contributed by atoms with Gasteiger partial charge in [0.05, 0.1) is 11.4 Å². The number of ether oxygens (including phenoxy) is 1. The van der Waals surface area contributed by atoms with Gasteiger partial charge in [0.15, 0.2) is 12.5 Å². The van der Waals surface area contributed by atoms with Crippen LogP contribution in [0.4, 0.5) is 5.69 Å². The highest BCUT2D eigenvalue weighted by atomic mass is 35.5. The summed E-state index contributed by atoms with van der Waals surface area (Å²) in [5.41, 5.74) is 5.36. The molecule has 0 atom stereocenters. The van der Waals surface area contributed by atoms with Crippen molar-refractivity contribution in [3.8, 4) is 5.75 Å². The zero-order chi connectivity index (χ0) is 22.9. The first-order chi connectivity index (χ1) is 16.1. The number of hydrogen-bond acceptors (Lipinski definition) is 4.